The lowest BCUT2D eigenvalue weighted by Gasteiger charge is -2.07. The predicted octanol–water partition coefficient (Wildman–Crippen LogP) is 1.61. The van der Waals surface area contributed by atoms with E-state index in [0.717, 1.165) is 11.1 Å². The summed E-state index contributed by atoms with van der Waals surface area (Å²) in [5.41, 5.74) is 8.98. The van der Waals surface area contributed by atoms with Crippen LogP contribution in [-0.4, -0.2) is 18.3 Å². The van der Waals surface area contributed by atoms with Crippen LogP contribution in [-0.2, 0) is 11.3 Å². The molecule has 17 heavy (non-hydrogen) atoms. The Kier molecular flexibility index (Phi) is 5.16. The minimum atomic E-state index is -0.678. The van der Waals surface area contributed by atoms with Crippen molar-refractivity contribution < 1.29 is 9.53 Å². The third kappa shape index (κ3) is 5.67. The lowest BCUT2D eigenvalue weighted by Crippen LogP contribution is -2.24. The largest absolute Gasteiger partial charge is 0.374 e. The van der Waals surface area contributed by atoms with Crippen LogP contribution in [0.25, 0.3) is 0 Å². The van der Waals surface area contributed by atoms with Gasteiger partial charge in [0.05, 0.1) is 18.9 Å². The van der Waals surface area contributed by atoms with Crippen LogP contribution in [0, 0.1) is 0 Å². The number of hydrazone groups is 1. The van der Waals surface area contributed by atoms with Gasteiger partial charge in [-0.05, 0) is 25.0 Å². The van der Waals surface area contributed by atoms with Gasteiger partial charge in [0.1, 0.15) is 0 Å². The highest BCUT2D eigenvalue weighted by Crippen LogP contribution is 2.05. The van der Waals surface area contributed by atoms with Crippen molar-refractivity contribution in [2.75, 3.05) is 0 Å². The molecule has 3 N–H and O–H groups in total. The molecule has 0 spiro atoms. The highest BCUT2D eigenvalue weighted by molar-refractivity contribution is 5.81. The number of rotatable bonds is 5. The SMILES string of the molecule is CC(C)OCc1ccc(C=NNC(N)=O)cc1. The van der Waals surface area contributed by atoms with Crippen molar-refractivity contribution in [3.8, 4) is 0 Å². The third-order valence-corrected chi connectivity index (χ3v) is 1.95. The molecule has 0 aliphatic rings. The monoisotopic (exact) mass is 235 g/mol. The van der Waals surface area contributed by atoms with Gasteiger partial charge in [0.25, 0.3) is 0 Å². The van der Waals surface area contributed by atoms with Gasteiger partial charge < -0.3 is 10.5 Å². The summed E-state index contributed by atoms with van der Waals surface area (Å²) < 4.78 is 5.47. The average Bonchev–Trinajstić information content (AvgIpc) is 2.27. The van der Waals surface area contributed by atoms with Crippen LogP contribution in [0.4, 0.5) is 4.79 Å². The van der Waals surface area contributed by atoms with Crippen LogP contribution < -0.4 is 11.2 Å². The molecule has 0 bridgehead atoms. The molecular weight excluding hydrogens is 218 g/mol. The standard InChI is InChI=1S/C12H17N3O2/c1-9(2)17-8-11-5-3-10(4-6-11)7-14-15-12(13)16/h3-7,9H,8H2,1-2H3,(H3,13,15,16). The van der Waals surface area contributed by atoms with E-state index >= 15 is 0 Å². The number of hydrogen-bond acceptors (Lipinski definition) is 3. The second kappa shape index (κ2) is 6.65. The molecule has 0 atom stereocenters. The van der Waals surface area contributed by atoms with Crippen LogP contribution in [0.15, 0.2) is 29.4 Å². The van der Waals surface area contributed by atoms with E-state index in [-0.39, 0.29) is 6.10 Å². The molecule has 0 aromatic heterocycles. The summed E-state index contributed by atoms with van der Waals surface area (Å²) in [5, 5.41) is 3.66. The molecular formula is C12H17N3O2. The number of nitrogens with two attached hydrogens (primary N) is 1. The van der Waals surface area contributed by atoms with E-state index in [1.807, 2.05) is 38.1 Å². The second-order valence-electron chi connectivity index (χ2n) is 3.84. The molecule has 2 amide bonds. The van der Waals surface area contributed by atoms with Crippen molar-refractivity contribution in [1.82, 2.24) is 5.43 Å². The Labute approximate surface area is 101 Å². The highest BCUT2D eigenvalue weighted by Gasteiger charge is 1.96. The maximum atomic E-state index is 10.4. The molecule has 5 heteroatoms. The molecule has 92 valence electrons. The maximum Gasteiger partial charge on any atom is 0.332 e. The van der Waals surface area contributed by atoms with E-state index in [2.05, 4.69) is 10.5 Å². The molecule has 0 radical (unpaired) electrons. The van der Waals surface area contributed by atoms with Crippen LogP contribution in [0.1, 0.15) is 25.0 Å². The minimum absolute atomic E-state index is 0.219. The number of carbonyl (C=O) groups is 1. The van der Waals surface area contributed by atoms with E-state index in [4.69, 9.17) is 10.5 Å². The van der Waals surface area contributed by atoms with Gasteiger partial charge >= 0.3 is 6.03 Å². The zero-order valence-electron chi connectivity index (χ0n) is 10.0. The van der Waals surface area contributed by atoms with Crippen LogP contribution >= 0.6 is 0 Å². The minimum Gasteiger partial charge on any atom is -0.374 e. The topological polar surface area (TPSA) is 76.7 Å². The molecule has 0 fully saturated rings. The summed E-state index contributed by atoms with van der Waals surface area (Å²) in [7, 11) is 0. The summed E-state index contributed by atoms with van der Waals surface area (Å²) in [6, 6.07) is 7.02. The number of primary amides is 1. The van der Waals surface area contributed by atoms with Gasteiger partial charge in [-0.25, -0.2) is 10.2 Å². The number of urea groups is 1. The van der Waals surface area contributed by atoms with Crippen molar-refractivity contribution in [2.45, 2.75) is 26.6 Å². The number of ether oxygens (including phenoxy) is 1. The zero-order chi connectivity index (χ0) is 12.7. The molecule has 0 aliphatic heterocycles. The Morgan fingerprint density at radius 1 is 1.47 bits per heavy atom. The number of carbonyl (C=O) groups excluding carboxylic acids is 1. The van der Waals surface area contributed by atoms with E-state index < -0.39 is 6.03 Å². The summed E-state index contributed by atoms with van der Waals surface area (Å²) >= 11 is 0. The fourth-order valence-electron chi connectivity index (χ4n) is 1.13. The van der Waals surface area contributed by atoms with Gasteiger partial charge in [-0.1, -0.05) is 24.3 Å². The Balaban J connectivity index is 2.50. The predicted molar refractivity (Wildman–Crippen MR) is 66.7 cm³/mol. The molecule has 5 nitrogen and oxygen atoms in total. The molecule has 0 heterocycles. The van der Waals surface area contributed by atoms with Crippen molar-refractivity contribution in [2.24, 2.45) is 10.8 Å². The summed E-state index contributed by atoms with van der Waals surface area (Å²) in [4.78, 5) is 10.4. The van der Waals surface area contributed by atoms with Crippen molar-refractivity contribution in [3.63, 3.8) is 0 Å². The Bertz CT molecular complexity index is 385. The first-order valence-electron chi connectivity index (χ1n) is 5.37. The van der Waals surface area contributed by atoms with E-state index in [1.54, 1.807) is 0 Å². The molecule has 1 aromatic carbocycles. The van der Waals surface area contributed by atoms with Crippen molar-refractivity contribution in [1.29, 1.82) is 0 Å². The van der Waals surface area contributed by atoms with Gasteiger partial charge in [-0.3, -0.25) is 0 Å². The smallest absolute Gasteiger partial charge is 0.332 e. The Morgan fingerprint density at radius 3 is 2.65 bits per heavy atom. The summed E-state index contributed by atoms with van der Waals surface area (Å²) in [5.74, 6) is 0. The maximum absolute atomic E-state index is 10.4. The third-order valence-electron chi connectivity index (χ3n) is 1.95. The van der Waals surface area contributed by atoms with Crippen LogP contribution in [0.5, 0.6) is 0 Å². The fourth-order valence-corrected chi connectivity index (χ4v) is 1.13. The highest BCUT2D eigenvalue weighted by atomic mass is 16.5. The van der Waals surface area contributed by atoms with Gasteiger partial charge in [0.15, 0.2) is 0 Å². The molecule has 1 aromatic rings. The van der Waals surface area contributed by atoms with Crippen LogP contribution in [0.3, 0.4) is 0 Å². The lowest BCUT2D eigenvalue weighted by molar-refractivity contribution is 0.0657. The van der Waals surface area contributed by atoms with Gasteiger partial charge in [-0.2, -0.15) is 5.10 Å². The molecule has 0 unspecified atom stereocenters. The number of nitrogens with one attached hydrogen (secondary N) is 1. The fraction of sp³-hybridized carbons (Fsp3) is 0.333. The van der Waals surface area contributed by atoms with Crippen molar-refractivity contribution >= 4 is 12.2 Å². The normalized spacial score (nSPS) is 11.0. The summed E-state index contributed by atoms with van der Waals surface area (Å²) in [6.07, 6.45) is 1.74. The molecule has 0 aliphatic carbocycles. The van der Waals surface area contributed by atoms with Gasteiger partial charge in [0.2, 0.25) is 0 Å². The number of amides is 2. The molecule has 1 rings (SSSR count). The van der Waals surface area contributed by atoms with E-state index in [0.29, 0.717) is 6.61 Å². The molecule has 0 saturated carbocycles. The van der Waals surface area contributed by atoms with Gasteiger partial charge in [0, 0.05) is 0 Å². The van der Waals surface area contributed by atoms with Crippen molar-refractivity contribution in [3.05, 3.63) is 35.4 Å². The first-order chi connectivity index (χ1) is 8.08. The quantitative estimate of drug-likeness (QED) is 0.601. The zero-order valence-corrected chi connectivity index (χ0v) is 10.0. The average molecular weight is 235 g/mol. The van der Waals surface area contributed by atoms with Gasteiger partial charge in [-0.15, -0.1) is 0 Å². The second-order valence-corrected chi connectivity index (χ2v) is 3.84. The molecule has 0 saturated heterocycles. The number of hydrogen-bond donors (Lipinski definition) is 2. The summed E-state index contributed by atoms with van der Waals surface area (Å²) in [6.45, 7) is 4.58. The Hall–Kier alpha value is -1.88. The first-order valence-corrected chi connectivity index (χ1v) is 5.37. The first kappa shape index (κ1) is 13.2. The van der Waals surface area contributed by atoms with E-state index in [9.17, 15) is 4.79 Å². The Morgan fingerprint density at radius 2 is 2.12 bits per heavy atom. The number of benzene rings is 1. The lowest BCUT2D eigenvalue weighted by atomic mass is 10.1. The van der Waals surface area contributed by atoms with E-state index in [1.165, 1.54) is 6.21 Å². The van der Waals surface area contributed by atoms with Crippen LogP contribution in [0.2, 0.25) is 0 Å². The number of nitrogens with zero attached hydrogens (tertiary/aromatic N) is 1.